The summed E-state index contributed by atoms with van der Waals surface area (Å²) < 4.78 is 18.4. The minimum Gasteiger partial charge on any atom is -0.346 e. The summed E-state index contributed by atoms with van der Waals surface area (Å²) in [4.78, 5) is 31.8. The normalized spacial score (nSPS) is 19.2. The molecule has 2 amide bonds. The van der Waals surface area contributed by atoms with E-state index in [0.717, 1.165) is 5.56 Å². The van der Waals surface area contributed by atoms with Crippen molar-refractivity contribution in [2.75, 3.05) is 6.54 Å². The summed E-state index contributed by atoms with van der Waals surface area (Å²) in [5.41, 5.74) is 1.46. The van der Waals surface area contributed by atoms with Gasteiger partial charge in [-0.15, -0.1) is 0 Å². The fourth-order valence-corrected chi connectivity index (χ4v) is 4.21. The molecule has 7 nitrogen and oxygen atoms in total. The molecule has 0 aliphatic carbocycles. The molecule has 2 atom stereocenters. The van der Waals surface area contributed by atoms with E-state index in [1.807, 2.05) is 30.7 Å². The molecule has 0 bridgehead atoms. The number of nitrogens with one attached hydrogen (secondary N) is 1. The van der Waals surface area contributed by atoms with E-state index in [4.69, 9.17) is 4.52 Å². The van der Waals surface area contributed by atoms with Crippen molar-refractivity contribution in [2.24, 2.45) is 5.92 Å². The van der Waals surface area contributed by atoms with Gasteiger partial charge in [0, 0.05) is 12.1 Å². The van der Waals surface area contributed by atoms with Crippen LogP contribution in [0.2, 0.25) is 0 Å². The van der Waals surface area contributed by atoms with Crippen LogP contribution in [0, 0.1) is 11.7 Å². The third-order valence-electron chi connectivity index (χ3n) is 4.98. The van der Waals surface area contributed by atoms with Crippen LogP contribution in [-0.2, 0) is 4.79 Å². The summed E-state index contributed by atoms with van der Waals surface area (Å²) in [5.74, 6) is -0.829. The Balaban J connectivity index is 1.61. The first-order valence-corrected chi connectivity index (χ1v) is 10.6. The van der Waals surface area contributed by atoms with Gasteiger partial charge in [-0.3, -0.25) is 9.59 Å². The highest BCUT2D eigenvalue weighted by molar-refractivity contribution is 7.08. The van der Waals surface area contributed by atoms with Crippen molar-refractivity contribution in [1.82, 2.24) is 20.4 Å². The highest BCUT2D eigenvalue weighted by atomic mass is 32.1. The maximum Gasteiger partial charge on any atom is 0.296 e. The number of halogens is 1. The number of piperazine rings is 1. The largest absolute Gasteiger partial charge is 0.346 e. The molecule has 1 aromatic carbocycles. The zero-order chi connectivity index (χ0) is 21.3. The molecule has 0 unspecified atom stereocenters. The SMILES string of the molecule is CC(C)C[C@H]1C(=O)N[C@@H](c2ccsc2)CN1C(=O)c1noc(-c2ccc(F)cc2)n1. The Morgan fingerprint density at radius 3 is 2.77 bits per heavy atom. The van der Waals surface area contributed by atoms with Crippen molar-refractivity contribution >= 4 is 23.2 Å². The molecule has 30 heavy (non-hydrogen) atoms. The zero-order valence-electron chi connectivity index (χ0n) is 16.5. The van der Waals surface area contributed by atoms with Crippen LogP contribution in [0.15, 0.2) is 45.6 Å². The smallest absolute Gasteiger partial charge is 0.296 e. The van der Waals surface area contributed by atoms with Crippen molar-refractivity contribution in [3.05, 3.63) is 58.3 Å². The summed E-state index contributed by atoms with van der Waals surface area (Å²) in [6.07, 6.45) is 0.524. The number of rotatable bonds is 5. The van der Waals surface area contributed by atoms with E-state index in [0.29, 0.717) is 18.5 Å². The van der Waals surface area contributed by atoms with E-state index in [1.165, 1.54) is 40.5 Å². The fourth-order valence-electron chi connectivity index (χ4n) is 3.49. The Bertz CT molecular complexity index is 1030. The molecule has 9 heteroatoms. The summed E-state index contributed by atoms with van der Waals surface area (Å²) in [6.45, 7) is 4.32. The van der Waals surface area contributed by atoms with Gasteiger partial charge in [-0.1, -0.05) is 19.0 Å². The monoisotopic (exact) mass is 428 g/mol. The molecule has 1 aliphatic heterocycles. The third-order valence-corrected chi connectivity index (χ3v) is 5.69. The minimum absolute atomic E-state index is 0.120. The van der Waals surface area contributed by atoms with Gasteiger partial charge in [0.1, 0.15) is 11.9 Å². The van der Waals surface area contributed by atoms with Crippen molar-refractivity contribution in [3.63, 3.8) is 0 Å². The maximum absolute atomic E-state index is 13.3. The molecule has 3 aromatic rings. The molecule has 0 saturated carbocycles. The van der Waals surface area contributed by atoms with Gasteiger partial charge in [-0.2, -0.15) is 16.3 Å². The molecular weight excluding hydrogens is 407 g/mol. The number of amides is 2. The number of benzene rings is 1. The summed E-state index contributed by atoms with van der Waals surface area (Å²) >= 11 is 1.53. The molecule has 1 saturated heterocycles. The number of carbonyl (C=O) groups is 2. The Labute approximate surface area is 176 Å². The highest BCUT2D eigenvalue weighted by Crippen LogP contribution is 2.27. The Kier molecular flexibility index (Phi) is 5.63. The van der Waals surface area contributed by atoms with Crippen molar-refractivity contribution < 1.29 is 18.5 Å². The molecule has 2 aromatic heterocycles. The number of thiophene rings is 1. The number of hydrogen-bond acceptors (Lipinski definition) is 6. The Morgan fingerprint density at radius 2 is 2.10 bits per heavy atom. The molecule has 0 spiro atoms. The van der Waals surface area contributed by atoms with Gasteiger partial charge in [0.05, 0.1) is 6.04 Å². The number of carbonyl (C=O) groups excluding carboxylic acids is 2. The van der Waals surface area contributed by atoms with Gasteiger partial charge in [-0.25, -0.2) is 4.39 Å². The third kappa shape index (κ3) is 4.11. The highest BCUT2D eigenvalue weighted by Gasteiger charge is 2.40. The summed E-state index contributed by atoms with van der Waals surface area (Å²) in [7, 11) is 0. The standard InChI is InChI=1S/C21H21FN4O3S/c1-12(2)9-17-19(27)23-16(14-7-8-30-11-14)10-26(17)21(28)18-24-20(29-25-18)13-3-5-15(22)6-4-13/h3-8,11-12,16-17H,9-10H2,1-2H3,(H,23,27)/t16-,17+/m1/s1. The Hall–Kier alpha value is -3.07. The first kappa shape index (κ1) is 20.2. The van der Waals surface area contributed by atoms with Gasteiger partial charge in [0.15, 0.2) is 0 Å². The lowest BCUT2D eigenvalue weighted by molar-refractivity contribution is -0.130. The van der Waals surface area contributed by atoms with Crippen LogP contribution in [0.4, 0.5) is 4.39 Å². The van der Waals surface area contributed by atoms with E-state index < -0.39 is 11.9 Å². The van der Waals surface area contributed by atoms with Gasteiger partial charge < -0.3 is 14.7 Å². The second kappa shape index (κ2) is 8.35. The van der Waals surface area contributed by atoms with Crippen LogP contribution in [0.5, 0.6) is 0 Å². The van der Waals surface area contributed by atoms with Crippen LogP contribution >= 0.6 is 11.3 Å². The summed E-state index contributed by atoms with van der Waals surface area (Å²) in [5, 5.41) is 10.7. The van der Waals surface area contributed by atoms with Crippen LogP contribution in [0.25, 0.3) is 11.5 Å². The van der Waals surface area contributed by atoms with Crippen molar-refractivity contribution in [2.45, 2.75) is 32.4 Å². The Morgan fingerprint density at radius 1 is 1.33 bits per heavy atom. The second-order valence-electron chi connectivity index (χ2n) is 7.65. The van der Waals surface area contributed by atoms with Gasteiger partial charge >= 0.3 is 0 Å². The maximum atomic E-state index is 13.3. The predicted molar refractivity (Wildman–Crippen MR) is 109 cm³/mol. The van der Waals surface area contributed by atoms with Crippen LogP contribution in [0.1, 0.15) is 42.5 Å². The first-order chi connectivity index (χ1) is 14.4. The predicted octanol–water partition coefficient (Wildman–Crippen LogP) is 3.67. The summed E-state index contributed by atoms with van der Waals surface area (Å²) in [6, 6.07) is 6.58. The number of nitrogens with zero attached hydrogens (tertiary/aromatic N) is 3. The van der Waals surface area contributed by atoms with E-state index in [2.05, 4.69) is 15.5 Å². The number of hydrogen-bond donors (Lipinski definition) is 1. The number of aromatic nitrogens is 2. The lowest BCUT2D eigenvalue weighted by Crippen LogP contribution is -2.58. The van der Waals surface area contributed by atoms with Gasteiger partial charge in [0.25, 0.3) is 17.6 Å². The van der Waals surface area contributed by atoms with E-state index in [-0.39, 0.29) is 35.4 Å². The molecule has 1 fully saturated rings. The zero-order valence-corrected chi connectivity index (χ0v) is 17.4. The topological polar surface area (TPSA) is 88.3 Å². The lowest BCUT2D eigenvalue weighted by atomic mass is 9.96. The van der Waals surface area contributed by atoms with E-state index in [1.54, 1.807) is 0 Å². The van der Waals surface area contributed by atoms with Crippen LogP contribution in [0.3, 0.4) is 0 Å². The van der Waals surface area contributed by atoms with Gasteiger partial charge in [-0.05, 0) is 59.0 Å². The molecule has 4 rings (SSSR count). The van der Waals surface area contributed by atoms with Gasteiger partial charge in [0.2, 0.25) is 5.91 Å². The van der Waals surface area contributed by atoms with Crippen molar-refractivity contribution in [3.8, 4) is 11.5 Å². The molecule has 3 heterocycles. The minimum atomic E-state index is -0.611. The fraction of sp³-hybridized carbons (Fsp3) is 0.333. The second-order valence-corrected chi connectivity index (χ2v) is 8.43. The molecule has 1 N–H and O–H groups in total. The van der Waals surface area contributed by atoms with Crippen LogP contribution < -0.4 is 5.32 Å². The van der Waals surface area contributed by atoms with E-state index in [9.17, 15) is 14.0 Å². The molecule has 0 radical (unpaired) electrons. The molecule has 1 aliphatic rings. The van der Waals surface area contributed by atoms with E-state index >= 15 is 0 Å². The lowest BCUT2D eigenvalue weighted by Gasteiger charge is -2.39. The average molecular weight is 428 g/mol. The quantitative estimate of drug-likeness (QED) is 0.670. The van der Waals surface area contributed by atoms with Crippen LogP contribution in [-0.4, -0.2) is 39.4 Å². The first-order valence-electron chi connectivity index (χ1n) is 9.65. The average Bonchev–Trinajstić information content (AvgIpc) is 3.41. The molecular formula is C21H21FN4O3S. The van der Waals surface area contributed by atoms with Crippen molar-refractivity contribution in [1.29, 1.82) is 0 Å². The molecule has 156 valence electrons.